The fourth-order valence-corrected chi connectivity index (χ4v) is 3.19. The molecule has 7 heteroatoms. The molecule has 156 valence electrons. The number of hydrogen-bond donors (Lipinski definition) is 1. The topological polar surface area (TPSA) is 44.8 Å². The van der Waals surface area contributed by atoms with Crippen LogP contribution >= 0.6 is 0 Å². The number of nitrogens with one attached hydrogen (secondary N) is 1. The molecule has 0 spiro atoms. The van der Waals surface area contributed by atoms with Crippen LogP contribution in [-0.4, -0.2) is 28.3 Å². The van der Waals surface area contributed by atoms with Gasteiger partial charge < -0.3 is 4.90 Å². The molecule has 0 aromatic carbocycles. The highest BCUT2D eigenvalue weighted by molar-refractivity contribution is 5.61. The van der Waals surface area contributed by atoms with Gasteiger partial charge in [-0.3, -0.25) is 10.1 Å². The molecule has 28 heavy (non-hydrogen) atoms. The summed E-state index contributed by atoms with van der Waals surface area (Å²) in [5.41, 5.74) is 0.838. The maximum atomic E-state index is 12.8. The van der Waals surface area contributed by atoms with Crippen molar-refractivity contribution >= 4 is 5.69 Å². The zero-order valence-electron chi connectivity index (χ0n) is 16.9. The summed E-state index contributed by atoms with van der Waals surface area (Å²) in [6, 6.07) is 4.80. The van der Waals surface area contributed by atoms with Crippen molar-refractivity contribution in [3.63, 3.8) is 0 Å². The molecule has 0 unspecified atom stereocenters. The molecule has 0 saturated carbocycles. The van der Waals surface area contributed by atoms with Gasteiger partial charge in [-0.1, -0.05) is 52.4 Å². The van der Waals surface area contributed by atoms with Crippen molar-refractivity contribution in [2.75, 3.05) is 18.0 Å². The quantitative estimate of drug-likeness (QED) is 0.419. The number of halogens is 3. The van der Waals surface area contributed by atoms with Crippen molar-refractivity contribution < 1.29 is 13.2 Å². The molecule has 0 aliphatic carbocycles. The van der Waals surface area contributed by atoms with Crippen LogP contribution in [0.5, 0.6) is 0 Å². The van der Waals surface area contributed by atoms with E-state index >= 15 is 0 Å². The highest BCUT2D eigenvalue weighted by Crippen LogP contribution is 2.30. The molecular weight excluding hydrogens is 365 g/mol. The van der Waals surface area contributed by atoms with Crippen LogP contribution in [0.15, 0.2) is 24.4 Å². The minimum atomic E-state index is -4.46. The number of hydrogen-bond acceptors (Lipinski definition) is 3. The number of alkyl halides is 3. The van der Waals surface area contributed by atoms with Crippen molar-refractivity contribution in [1.29, 1.82) is 0 Å². The van der Waals surface area contributed by atoms with Gasteiger partial charge in [0.2, 0.25) is 0 Å². The Labute approximate surface area is 165 Å². The van der Waals surface area contributed by atoms with Gasteiger partial charge >= 0.3 is 6.18 Å². The first-order valence-electron chi connectivity index (χ1n) is 10.3. The number of unbranched alkanes of at least 4 members (excludes halogenated alkanes) is 6. The number of H-pyrrole nitrogens is 1. The Morgan fingerprint density at radius 1 is 0.929 bits per heavy atom. The Balaban J connectivity index is 2.13. The third-order valence-corrected chi connectivity index (χ3v) is 4.82. The Kier molecular flexibility index (Phi) is 8.80. The highest BCUT2D eigenvalue weighted by atomic mass is 19.4. The molecule has 0 radical (unpaired) electrons. The predicted molar refractivity (Wildman–Crippen MR) is 107 cm³/mol. The molecule has 2 aromatic rings. The van der Waals surface area contributed by atoms with Gasteiger partial charge in [-0.15, -0.1) is 0 Å². The van der Waals surface area contributed by atoms with Gasteiger partial charge in [-0.05, 0) is 31.0 Å². The maximum absolute atomic E-state index is 12.8. The second-order valence-electron chi connectivity index (χ2n) is 7.17. The molecule has 0 amide bonds. The second-order valence-corrected chi connectivity index (χ2v) is 7.17. The summed E-state index contributed by atoms with van der Waals surface area (Å²) in [7, 11) is 0. The predicted octanol–water partition coefficient (Wildman–Crippen LogP) is 6.46. The number of anilines is 1. The monoisotopic (exact) mass is 396 g/mol. The second kappa shape index (κ2) is 11.1. The minimum Gasteiger partial charge on any atom is -0.371 e. The van der Waals surface area contributed by atoms with Crippen LogP contribution in [0.2, 0.25) is 0 Å². The molecule has 1 N–H and O–H groups in total. The van der Waals surface area contributed by atoms with E-state index in [1.165, 1.54) is 38.5 Å². The van der Waals surface area contributed by atoms with Gasteiger partial charge in [0, 0.05) is 25.0 Å². The van der Waals surface area contributed by atoms with Crippen LogP contribution in [0.4, 0.5) is 18.9 Å². The molecule has 4 nitrogen and oxygen atoms in total. The zero-order chi connectivity index (χ0) is 20.4. The summed E-state index contributed by atoms with van der Waals surface area (Å²) in [5, 5.41) is 5.84. The first-order chi connectivity index (χ1) is 13.5. The fourth-order valence-electron chi connectivity index (χ4n) is 3.19. The SMILES string of the molecule is CCCCCCN(CCCCCC)c1ccnc(-c2cc(C(F)(F)F)n[nH]2)c1. The van der Waals surface area contributed by atoms with Gasteiger partial charge in [0.25, 0.3) is 0 Å². The zero-order valence-corrected chi connectivity index (χ0v) is 16.9. The van der Waals surface area contributed by atoms with Crippen LogP contribution in [0.25, 0.3) is 11.4 Å². The average Bonchev–Trinajstić information content (AvgIpc) is 3.18. The molecule has 0 bridgehead atoms. The van der Waals surface area contributed by atoms with E-state index in [0.717, 1.165) is 37.7 Å². The van der Waals surface area contributed by atoms with Crippen LogP contribution in [0.1, 0.15) is 70.9 Å². The molecule has 0 aliphatic rings. The van der Waals surface area contributed by atoms with Gasteiger partial charge in [0.15, 0.2) is 5.69 Å². The smallest absolute Gasteiger partial charge is 0.371 e. The molecular formula is C21H31F3N4. The summed E-state index contributed by atoms with van der Waals surface area (Å²) in [6.45, 7) is 6.28. The van der Waals surface area contributed by atoms with Gasteiger partial charge in [0.05, 0.1) is 11.4 Å². The molecule has 0 atom stereocenters. The summed E-state index contributed by atoms with van der Waals surface area (Å²) in [6.07, 6.45) is 6.63. The Morgan fingerprint density at radius 3 is 2.11 bits per heavy atom. The Morgan fingerprint density at radius 2 is 1.57 bits per heavy atom. The molecule has 0 saturated heterocycles. The number of pyridine rings is 1. The number of aromatic nitrogens is 3. The Bertz CT molecular complexity index is 685. The van der Waals surface area contributed by atoms with E-state index < -0.39 is 11.9 Å². The summed E-state index contributed by atoms with van der Waals surface area (Å²) >= 11 is 0. The lowest BCUT2D eigenvalue weighted by atomic mass is 10.1. The lowest BCUT2D eigenvalue weighted by molar-refractivity contribution is -0.141. The lowest BCUT2D eigenvalue weighted by Gasteiger charge is -2.25. The molecule has 2 rings (SSSR count). The summed E-state index contributed by atoms with van der Waals surface area (Å²) in [5.74, 6) is 0. The van der Waals surface area contributed by atoms with E-state index in [4.69, 9.17) is 0 Å². The van der Waals surface area contributed by atoms with E-state index in [-0.39, 0.29) is 5.69 Å². The van der Waals surface area contributed by atoms with Crippen molar-refractivity contribution in [2.45, 2.75) is 71.4 Å². The van der Waals surface area contributed by atoms with E-state index in [9.17, 15) is 13.2 Å². The van der Waals surface area contributed by atoms with Crippen LogP contribution in [0, 0.1) is 0 Å². The maximum Gasteiger partial charge on any atom is 0.435 e. The van der Waals surface area contributed by atoms with Gasteiger partial charge in [0.1, 0.15) is 0 Å². The van der Waals surface area contributed by atoms with E-state index in [0.29, 0.717) is 5.69 Å². The highest BCUT2D eigenvalue weighted by Gasteiger charge is 2.34. The third kappa shape index (κ3) is 6.84. The number of nitrogens with zero attached hydrogens (tertiary/aromatic N) is 3. The van der Waals surface area contributed by atoms with Crippen molar-refractivity contribution in [1.82, 2.24) is 15.2 Å². The Hall–Kier alpha value is -2.05. The van der Waals surface area contributed by atoms with E-state index in [1.807, 2.05) is 12.1 Å². The molecule has 0 aliphatic heterocycles. The summed E-state index contributed by atoms with van der Waals surface area (Å²) in [4.78, 5) is 6.57. The van der Waals surface area contributed by atoms with E-state index in [1.54, 1.807) is 6.20 Å². The fraction of sp³-hybridized carbons (Fsp3) is 0.619. The van der Waals surface area contributed by atoms with Crippen molar-refractivity contribution in [3.05, 3.63) is 30.1 Å². The van der Waals surface area contributed by atoms with Gasteiger partial charge in [-0.25, -0.2) is 0 Å². The first kappa shape index (κ1) is 22.2. The number of rotatable bonds is 12. The van der Waals surface area contributed by atoms with Crippen molar-refractivity contribution in [3.8, 4) is 11.4 Å². The van der Waals surface area contributed by atoms with Crippen LogP contribution in [0.3, 0.4) is 0 Å². The molecule has 0 fully saturated rings. The van der Waals surface area contributed by atoms with Crippen LogP contribution in [-0.2, 0) is 6.18 Å². The lowest BCUT2D eigenvalue weighted by Crippen LogP contribution is -2.25. The van der Waals surface area contributed by atoms with Gasteiger partial charge in [-0.2, -0.15) is 18.3 Å². The van der Waals surface area contributed by atoms with E-state index in [2.05, 4.69) is 33.9 Å². The van der Waals surface area contributed by atoms with Crippen LogP contribution < -0.4 is 4.90 Å². The van der Waals surface area contributed by atoms with Crippen molar-refractivity contribution in [2.24, 2.45) is 0 Å². The summed E-state index contributed by atoms with van der Waals surface area (Å²) < 4.78 is 38.5. The first-order valence-corrected chi connectivity index (χ1v) is 10.3. The third-order valence-electron chi connectivity index (χ3n) is 4.82. The normalized spacial score (nSPS) is 11.8. The molecule has 2 aromatic heterocycles. The number of aromatic amines is 1. The molecule has 2 heterocycles. The standard InChI is InChI=1S/C21H31F3N4/c1-3-5-7-9-13-28(14-10-8-6-4-2)17-11-12-25-18(15-17)19-16-20(27-26-19)21(22,23)24/h11-12,15-16H,3-10,13-14H2,1-2H3,(H,26,27). The average molecular weight is 397 g/mol. The minimum absolute atomic E-state index is 0.283. The largest absolute Gasteiger partial charge is 0.435 e.